The van der Waals surface area contributed by atoms with E-state index < -0.39 is 0 Å². The Morgan fingerprint density at radius 3 is 2.92 bits per heavy atom. The summed E-state index contributed by atoms with van der Waals surface area (Å²) in [5.74, 6) is -0.277. The van der Waals surface area contributed by atoms with E-state index in [-0.39, 0.29) is 17.9 Å². The van der Waals surface area contributed by atoms with Gasteiger partial charge in [0, 0.05) is 43.2 Å². The molecular formula is C20H24N2O3S. The Bertz CT molecular complexity index is 764. The van der Waals surface area contributed by atoms with Gasteiger partial charge >= 0.3 is 5.97 Å². The van der Waals surface area contributed by atoms with Crippen LogP contribution in [0.25, 0.3) is 6.08 Å². The van der Waals surface area contributed by atoms with Crippen LogP contribution in [0.4, 0.5) is 0 Å². The van der Waals surface area contributed by atoms with Crippen LogP contribution in [0.5, 0.6) is 0 Å². The average molecular weight is 372 g/mol. The third-order valence-corrected chi connectivity index (χ3v) is 5.51. The largest absolute Gasteiger partial charge is 0.462 e. The molecule has 1 fully saturated rings. The third kappa shape index (κ3) is 4.64. The van der Waals surface area contributed by atoms with Crippen molar-refractivity contribution in [1.29, 1.82) is 0 Å². The van der Waals surface area contributed by atoms with E-state index in [2.05, 4.69) is 0 Å². The second kappa shape index (κ2) is 8.85. The number of thiophene rings is 1. The lowest BCUT2D eigenvalue weighted by atomic mass is 9.99. The Balaban J connectivity index is 1.51. The highest BCUT2D eigenvalue weighted by Crippen LogP contribution is 2.22. The molecule has 6 heteroatoms. The monoisotopic (exact) mass is 372 g/mol. The number of hydrogen-bond acceptors (Lipinski definition) is 4. The maximum absolute atomic E-state index is 12.8. The van der Waals surface area contributed by atoms with Crippen LogP contribution in [0.15, 0.2) is 41.9 Å². The number of aryl methyl sites for hydroxylation is 1. The molecule has 3 rings (SSSR count). The highest BCUT2D eigenvalue weighted by atomic mass is 32.1. The van der Waals surface area contributed by atoms with E-state index in [1.54, 1.807) is 17.4 Å². The zero-order valence-corrected chi connectivity index (χ0v) is 15.8. The number of aromatic nitrogens is 1. The Hall–Kier alpha value is -2.34. The molecule has 3 heterocycles. The van der Waals surface area contributed by atoms with Crippen LogP contribution >= 0.6 is 11.3 Å². The second-order valence-corrected chi connectivity index (χ2v) is 7.44. The van der Waals surface area contributed by atoms with Gasteiger partial charge in [0.15, 0.2) is 0 Å². The van der Waals surface area contributed by atoms with E-state index in [9.17, 15) is 9.59 Å². The number of carbonyl (C=O) groups is 2. The van der Waals surface area contributed by atoms with Crippen molar-refractivity contribution in [2.45, 2.75) is 31.7 Å². The van der Waals surface area contributed by atoms with Crippen LogP contribution in [0, 0.1) is 0 Å². The van der Waals surface area contributed by atoms with Gasteiger partial charge in [-0.15, -0.1) is 11.3 Å². The number of ether oxygens (including phenoxy) is 1. The fourth-order valence-corrected chi connectivity index (χ4v) is 3.90. The van der Waals surface area contributed by atoms with Gasteiger partial charge in [-0.3, -0.25) is 4.79 Å². The molecule has 2 aromatic rings. The molecule has 1 aliphatic heterocycles. The zero-order valence-electron chi connectivity index (χ0n) is 15.0. The smallest absolute Gasteiger partial charge is 0.330 e. The second-order valence-electron chi connectivity index (χ2n) is 6.46. The first kappa shape index (κ1) is 18.5. The standard InChI is InChI=1S/C20H24N2O3S/c1-21-12-4-8-18(21)20(24)22-13-3-2-6-16(22)11-14-25-19(23)10-9-17-7-5-15-26-17/h4-5,7-10,12,15-16H,2-3,6,11,13-14H2,1H3/b10-9+. The van der Waals surface area contributed by atoms with E-state index in [0.717, 1.165) is 30.7 Å². The maximum Gasteiger partial charge on any atom is 0.330 e. The molecule has 5 nitrogen and oxygen atoms in total. The van der Waals surface area contributed by atoms with Crippen molar-refractivity contribution in [3.63, 3.8) is 0 Å². The summed E-state index contributed by atoms with van der Waals surface area (Å²) in [7, 11) is 1.88. The van der Waals surface area contributed by atoms with Gasteiger partial charge < -0.3 is 14.2 Å². The van der Waals surface area contributed by atoms with Crippen molar-refractivity contribution in [3.05, 3.63) is 52.5 Å². The summed E-state index contributed by atoms with van der Waals surface area (Å²) >= 11 is 1.57. The Labute approximate surface area is 157 Å². The molecule has 1 unspecified atom stereocenters. The minimum absolute atomic E-state index is 0.0612. The van der Waals surface area contributed by atoms with Gasteiger partial charge in [-0.2, -0.15) is 0 Å². The third-order valence-electron chi connectivity index (χ3n) is 4.67. The van der Waals surface area contributed by atoms with E-state index in [1.807, 2.05) is 52.4 Å². The predicted molar refractivity (Wildman–Crippen MR) is 103 cm³/mol. The molecule has 1 amide bonds. The van der Waals surface area contributed by atoms with E-state index in [1.165, 1.54) is 6.08 Å². The quantitative estimate of drug-likeness (QED) is 0.573. The molecule has 1 saturated heterocycles. The number of amides is 1. The molecular weight excluding hydrogens is 348 g/mol. The van der Waals surface area contributed by atoms with Gasteiger partial charge in [0.25, 0.3) is 5.91 Å². The zero-order chi connectivity index (χ0) is 18.4. The highest BCUT2D eigenvalue weighted by molar-refractivity contribution is 7.10. The summed E-state index contributed by atoms with van der Waals surface area (Å²) in [5.41, 5.74) is 0.702. The predicted octanol–water partition coefficient (Wildman–Crippen LogP) is 3.73. The summed E-state index contributed by atoms with van der Waals surface area (Å²) < 4.78 is 7.17. The van der Waals surface area contributed by atoms with Crippen LogP contribution in [-0.2, 0) is 16.6 Å². The SMILES string of the molecule is Cn1cccc1C(=O)N1CCCCC1CCOC(=O)/C=C/c1cccs1. The van der Waals surface area contributed by atoms with Gasteiger partial charge in [-0.1, -0.05) is 6.07 Å². The fourth-order valence-electron chi connectivity index (χ4n) is 3.28. The summed E-state index contributed by atoms with van der Waals surface area (Å²) in [6.07, 6.45) is 8.86. The van der Waals surface area contributed by atoms with Crippen molar-refractivity contribution < 1.29 is 14.3 Å². The molecule has 0 aliphatic carbocycles. The molecule has 0 aromatic carbocycles. The van der Waals surface area contributed by atoms with Gasteiger partial charge in [-0.05, 0) is 48.9 Å². The molecule has 0 spiro atoms. The van der Waals surface area contributed by atoms with Crippen LogP contribution in [0.3, 0.4) is 0 Å². The number of esters is 1. The van der Waals surface area contributed by atoms with Crippen LogP contribution in [0.1, 0.15) is 41.0 Å². The number of likely N-dealkylation sites (tertiary alicyclic amines) is 1. The molecule has 1 aliphatic rings. The maximum atomic E-state index is 12.8. The number of hydrogen-bond donors (Lipinski definition) is 0. The lowest BCUT2D eigenvalue weighted by Crippen LogP contribution is -2.44. The Morgan fingerprint density at radius 2 is 2.19 bits per heavy atom. The molecule has 2 aromatic heterocycles. The molecule has 0 radical (unpaired) electrons. The summed E-state index contributed by atoms with van der Waals surface area (Å²) in [6, 6.07) is 7.75. The number of rotatable bonds is 6. The molecule has 0 saturated carbocycles. The van der Waals surface area contributed by atoms with Crippen molar-refractivity contribution >= 4 is 29.3 Å². The Kier molecular flexibility index (Phi) is 6.28. The first-order valence-corrected chi connectivity index (χ1v) is 9.84. The minimum Gasteiger partial charge on any atom is -0.462 e. The van der Waals surface area contributed by atoms with Crippen LogP contribution in [-0.4, -0.2) is 40.5 Å². The molecule has 26 heavy (non-hydrogen) atoms. The molecule has 0 N–H and O–H groups in total. The van der Waals surface area contributed by atoms with Crippen molar-refractivity contribution in [1.82, 2.24) is 9.47 Å². The van der Waals surface area contributed by atoms with Gasteiger partial charge in [0.2, 0.25) is 0 Å². The number of nitrogens with zero attached hydrogens (tertiary/aromatic N) is 2. The number of carbonyl (C=O) groups excluding carboxylic acids is 2. The lowest BCUT2D eigenvalue weighted by Gasteiger charge is -2.35. The van der Waals surface area contributed by atoms with Gasteiger partial charge in [0.05, 0.1) is 6.61 Å². The van der Waals surface area contributed by atoms with E-state index >= 15 is 0 Å². The molecule has 1 atom stereocenters. The van der Waals surface area contributed by atoms with Crippen LogP contribution < -0.4 is 0 Å². The van der Waals surface area contributed by atoms with Crippen molar-refractivity contribution in [3.8, 4) is 0 Å². The van der Waals surface area contributed by atoms with E-state index in [0.29, 0.717) is 18.7 Å². The first-order valence-electron chi connectivity index (χ1n) is 8.96. The Morgan fingerprint density at radius 1 is 1.31 bits per heavy atom. The van der Waals surface area contributed by atoms with E-state index in [4.69, 9.17) is 4.74 Å². The van der Waals surface area contributed by atoms with Gasteiger partial charge in [-0.25, -0.2) is 4.79 Å². The normalized spacial score (nSPS) is 17.6. The minimum atomic E-state index is -0.338. The topological polar surface area (TPSA) is 51.5 Å². The first-order chi connectivity index (χ1) is 12.6. The molecule has 138 valence electrons. The summed E-state index contributed by atoms with van der Waals surface area (Å²) in [5, 5.41) is 1.96. The average Bonchev–Trinajstić information content (AvgIpc) is 3.31. The van der Waals surface area contributed by atoms with Crippen molar-refractivity contribution in [2.75, 3.05) is 13.2 Å². The highest BCUT2D eigenvalue weighted by Gasteiger charge is 2.28. The van der Waals surface area contributed by atoms with Crippen LogP contribution in [0.2, 0.25) is 0 Å². The summed E-state index contributed by atoms with van der Waals surface area (Å²) in [6.45, 7) is 1.09. The molecule has 0 bridgehead atoms. The number of piperidine rings is 1. The van der Waals surface area contributed by atoms with Crippen molar-refractivity contribution in [2.24, 2.45) is 7.05 Å². The summed E-state index contributed by atoms with van der Waals surface area (Å²) in [4.78, 5) is 27.6. The fraction of sp³-hybridized carbons (Fsp3) is 0.400. The van der Waals surface area contributed by atoms with Gasteiger partial charge in [0.1, 0.15) is 5.69 Å². The lowest BCUT2D eigenvalue weighted by molar-refractivity contribution is -0.138.